The molecule has 3 rings (SSSR count). The van der Waals surface area contributed by atoms with Crippen molar-refractivity contribution in [3.05, 3.63) is 29.8 Å². The minimum Gasteiger partial charge on any atom is -0.392 e. The van der Waals surface area contributed by atoms with Gasteiger partial charge in [-0.3, -0.25) is 0 Å². The van der Waals surface area contributed by atoms with Gasteiger partial charge >= 0.3 is 0 Å². The molecule has 1 aromatic carbocycles. The van der Waals surface area contributed by atoms with Crippen molar-refractivity contribution in [3.8, 4) is 6.07 Å². The molecule has 0 radical (unpaired) electrons. The molecule has 0 aromatic heterocycles. The van der Waals surface area contributed by atoms with Gasteiger partial charge < -0.3 is 5.11 Å². The van der Waals surface area contributed by atoms with Crippen LogP contribution in [0.25, 0.3) is 0 Å². The fourth-order valence-electron chi connectivity index (χ4n) is 3.87. The molecule has 2 atom stereocenters. The van der Waals surface area contributed by atoms with Crippen LogP contribution in [0.3, 0.4) is 0 Å². The van der Waals surface area contributed by atoms with Crippen LogP contribution in [0.5, 0.6) is 0 Å². The summed E-state index contributed by atoms with van der Waals surface area (Å²) in [4.78, 5) is 0.200. The van der Waals surface area contributed by atoms with Crippen molar-refractivity contribution in [1.82, 2.24) is 4.31 Å². The molecule has 1 N–H and O–H groups in total. The number of sulfonamides is 1. The van der Waals surface area contributed by atoms with Gasteiger partial charge in [0.25, 0.3) is 0 Å². The minimum absolute atomic E-state index is 0.106. The van der Waals surface area contributed by atoms with Crippen LogP contribution in [0.1, 0.15) is 44.1 Å². The first-order valence-corrected chi connectivity index (χ1v) is 9.66. The number of hydrogen-bond donors (Lipinski definition) is 1. The highest BCUT2D eigenvalue weighted by molar-refractivity contribution is 7.89. The molecule has 5 nitrogen and oxygen atoms in total. The van der Waals surface area contributed by atoms with Crippen molar-refractivity contribution < 1.29 is 13.5 Å². The van der Waals surface area contributed by atoms with Crippen LogP contribution in [0, 0.1) is 17.2 Å². The molecule has 1 aromatic rings. The number of aliphatic hydroxyl groups excluding tert-OH is 1. The van der Waals surface area contributed by atoms with Crippen molar-refractivity contribution in [2.24, 2.45) is 5.92 Å². The van der Waals surface area contributed by atoms with Gasteiger partial charge in [0.1, 0.15) is 0 Å². The van der Waals surface area contributed by atoms with Gasteiger partial charge in [-0.1, -0.05) is 19.3 Å². The van der Waals surface area contributed by atoms with E-state index in [1.54, 1.807) is 0 Å². The van der Waals surface area contributed by atoms with Gasteiger partial charge in [0.2, 0.25) is 10.0 Å². The third-order valence-corrected chi connectivity index (χ3v) is 6.96. The quantitative estimate of drug-likeness (QED) is 0.919. The average Bonchev–Trinajstić information content (AvgIpc) is 2.98. The lowest BCUT2D eigenvalue weighted by Gasteiger charge is -2.33. The summed E-state index contributed by atoms with van der Waals surface area (Å²) in [5.74, 6) is 0.342. The zero-order valence-corrected chi connectivity index (χ0v) is 13.9. The molecule has 2 aliphatic rings. The normalized spacial score (nSPS) is 27.0. The first-order valence-electron chi connectivity index (χ1n) is 8.22. The zero-order chi connectivity index (χ0) is 16.4. The van der Waals surface area contributed by atoms with Gasteiger partial charge in [-0.05, 0) is 49.4 Å². The molecule has 23 heavy (non-hydrogen) atoms. The fourth-order valence-corrected chi connectivity index (χ4v) is 5.61. The maximum Gasteiger partial charge on any atom is 0.243 e. The average molecular weight is 334 g/mol. The van der Waals surface area contributed by atoms with E-state index in [1.165, 1.54) is 35.0 Å². The van der Waals surface area contributed by atoms with E-state index in [2.05, 4.69) is 0 Å². The van der Waals surface area contributed by atoms with E-state index in [0.29, 0.717) is 17.9 Å². The molecule has 1 heterocycles. The summed E-state index contributed by atoms with van der Waals surface area (Å²) >= 11 is 0. The van der Waals surface area contributed by atoms with Gasteiger partial charge in [-0.2, -0.15) is 9.57 Å². The van der Waals surface area contributed by atoms with E-state index in [9.17, 15) is 13.5 Å². The summed E-state index contributed by atoms with van der Waals surface area (Å²) < 4.78 is 27.4. The Morgan fingerprint density at radius 1 is 1.13 bits per heavy atom. The fraction of sp³-hybridized carbons (Fsp3) is 0.588. The lowest BCUT2D eigenvalue weighted by atomic mass is 9.83. The molecule has 0 amide bonds. The van der Waals surface area contributed by atoms with Gasteiger partial charge in [0, 0.05) is 12.6 Å². The van der Waals surface area contributed by atoms with Crippen molar-refractivity contribution in [2.45, 2.75) is 55.6 Å². The molecule has 0 bridgehead atoms. The summed E-state index contributed by atoms with van der Waals surface area (Å²) in [6.07, 6.45) is 5.52. The van der Waals surface area contributed by atoms with Crippen LogP contribution in [0.15, 0.2) is 29.2 Å². The van der Waals surface area contributed by atoms with E-state index in [-0.39, 0.29) is 17.5 Å². The molecule has 6 heteroatoms. The minimum atomic E-state index is -3.63. The number of aliphatic hydroxyl groups is 1. The van der Waals surface area contributed by atoms with Gasteiger partial charge in [0.15, 0.2) is 0 Å². The highest BCUT2D eigenvalue weighted by Crippen LogP contribution is 2.37. The highest BCUT2D eigenvalue weighted by Gasteiger charge is 2.43. The number of rotatable bonds is 3. The molecular formula is C17H22N2O3S. The lowest BCUT2D eigenvalue weighted by molar-refractivity contribution is 0.185. The Balaban J connectivity index is 1.88. The van der Waals surface area contributed by atoms with E-state index in [1.807, 2.05) is 6.07 Å². The van der Waals surface area contributed by atoms with Crippen molar-refractivity contribution in [3.63, 3.8) is 0 Å². The molecule has 0 spiro atoms. The molecule has 2 fully saturated rings. The Morgan fingerprint density at radius 3 is 2.39 bits per heavy atom. The summed E-state index contributed by atoms with van der Waals surface area (Å²) in [6.45, 7) is 0.170. The van der Waals surface area contributed by atoms with Crippen molar-refractivity contribution in [2.75, 3.05) is 6.54 Å². The Morgan fingerprint density at radius 2 is 1.78 bits per heavy atom. The molecule has 1 saturated carbocycles. The molecule has 1 aliphatic carbocycles. The van der Waals surface area contributed by atoms with Crippen LogP contribution in [0.4, 0.5) is 0 Å². The van der Waals surface area contributed by atoms with E-state index in [0.717, 1.165) is 25.7 Å². The maximum atomic E-state index is 13.0. The summed E-state index contributed by atoms with van der Waals surface area (Å²) in [6, 6.07) is 7.90. The first-order chi connectivity index (χ1) is 11.0. The van der Waals surface area contributed by atoms with E-state index >= 15 is 0 Å². The zero-order valence-electron chi connectivity index (χ0n) is 13.1. The summed E-state index contributed by atoms with van der Waals surface area (Å²) in [5, 5.41) is 18.9. The summed E-state index contributed by atoms with van der Waals surface area (Å²) in [7, 11) is -3.63. The predicted octanol–water partition coefficient (Wildman–Crippen LogP) is 2.26. The maximum absolute atomic E-state index is 13.0. The highest BCUT2D eigenvalue weighted by atomic mass is 32.2. The Kier molecular flexibility index (Phi) is 4.72. The number of nitrogens with zero attached hydrogens (tertiary/aromatic N) is 2. The Hall–Kier alpha value is -1.42. The Labute approximate surface area is 137 Å². The number of hydrogen-bond acceptors (Lipinski definition) is 4. The van der Waals surface area contributed by atoms with Crippen LogP contribution in [-0.2, 0) is 10.0 Å². The third-order valence-electron chi connectivity index (χ3n) is 5.06. The smallest absolute Gasteiger partial charge is 0.243 e. The van der Waals surface area contributed by atoms with Crippen LogP contribution in [-0.4, -0.2) is 36.5 Å². The standard InChI is InChI=1S/C17H22N2O3S/c18-11-13-6-8-16(9-7-13)23(21,22)19-12-15(20)10-17(19)14-4-2-1-3-5-14/h6-9,14-15,17,20H,1-5,10,12H2. The SMILES string of the molecule is N#Cc1ccc(S(=O)(=O)N2CC(O)CC2C2CCCCC2)cc1. The third kappa shape index (κ3) is 3.27. The Bertz CT molecular complexity index is 688. The molecule has 1 aliphatic heterocycles. The molecular weight excluding hydrogens is 312 g/mol. The number of benzene rings is 1. The van der Waals surface area contributed by atoms with Crippen LogP contribution in [0.2, 0.25) is 0 Å². The molecule has 124 valence electrons. The van der Waals surface area contributed by atoms with Crippen LogP contribution >= 0.6 is 0 Å². The van der Waals surface area contributed by atoms with Gasteiger partial charge in [-0.25, -0.2) is 8.42 Å². The first kappa shape index (κ1) is 16.4. The van der Waals surface area contributed by atoms with E-state index < -0.39 is 16.1 Å². The number of nitriles is 1. The summed E-state index contributed by atoms with van der Waals surface area (Å²) in [5.41, 5.74) is 0.439. The van der Waals surface area contributed by atoms with Crippen LogP contribution < -0.4 is 0 Å². The second kappa shape index (κ2) is 6.60. The van der Waals surface area contributed by atoms with E-state index in [4.69, 9.17) is 5.26 Å². The van der Waals surface area contributed by atoms with Gasteiger partial charge in [-0.15, -0.1) is 0 Å². The molecule has 1 saturated heterocycles. The van der Waals surface area contributed by atoms with Gasteiger partial charge in [0.05, 0.1) is 22.6 Å². The monoisotopic (exact) mass is 334 g/mol. The second-order valence-corrected chi connectivity index (χ2v) is 8.46. The predicted molar refractivity (Wildman–Crippen MR) is 86.0 cm³/mol. The number of β-amino-alcohol motifs (C(OH)–C–C–N with tert-alkyl or cyclic N) is 1. The van der Waals surface area contributed by atoms with Crippen molar-refractivity contribution >= 4 is 10.0 Å². The topological polar surface area (TPSA) is 81.4 Å². The largest absolute Gasteiger partial charge is 0.392 e. The lowest BCUT2D eigenvalue weighted by Crippen LogP contribution is -2.40. The molecule has 2 unspecified atom stereocenters. The van der Waals surface area contributed by atoms with Crippen molar-refractivity contribution in [1.29, 1.82) is 5.26 Å². The second-order valence-electron chi connectivity index (χ2n) is 6.57.